The van der Waals surface area contributed by atoms with Gasteiger partial charge in [0.05, 0.1) is 0 Å². The van der Waals surface area contributed by atoms with Crippen LogP contribution in [0.4, 0.5) is 0 Å². The van der Waals surface area contributed by atoms with Crippen molar-refractivity contribution in [2.45, 2.75) is 50.8 Å². The largest absolute Gasteiger partial charge is 0.330 e. The fraction of sp³-hybridized carbons (Fsp3) is 1.00. The Kier molecular flexibility index (Phi) is 5.19. The second kappa shape index (κ2) is 6.44. The van der Waals surface area contributed by atoms with E-state index in [2.05, 4.69) is 30.5 Å². The van der Waals surface area contributed by atoms with Gasteiger partial charge in [-0.2, -0.15) is 11.8 Å². The number of nitrogens with two attached hydrogens (primary N) is 1. The first-order valence-electron chi connectivity index (χ1n) is 7.26. The molecule has 2 nitrogen and oxygen atoms in total. The van der Waals surface area contributed by atoms with Crippen LogP contribution in [-0.2, 0) is 0 Å². The smallest absolute Gasteiger partial charge is 0.0184 e. The lowest BCUT2D eigenvalue weighted by atomic mass is 9.81. The Bertz CT molecular complexity index is 226. The second-order valence-electron chi connectivity index (χ2n) is 5.93. The zero-order valence-electron chi connectivity index (χ0n) is 11.4. The topological polar surface area (TPSA) is 29.3 Å². The average Bonchev–Trinajstić information content (AvgIpc) is 2.36. The van der Waals surface area contributed by atoms with Crippen molar-refractivity contribution in [2.24, 2.45) is 17.6 Å². The van der Waals surface area contributed by atoms with Gasteiger partial charge in [0.25, 0.3) is 0 Å². The molecule has 100 valence electrons. The standard InChI is InChI=1S/C14H28N2S/c1-11-12(2)17-8-7-16(11)10-14-5-3-13(9-15)4-6-14/h11-14H,3-10,15H2,1-2H3. The van der Waals surface area contributed by atoms with Crippen molar-refractivity contribution >= 4 is 11.8 Å². The predicted octanol–water partition coefficient (Wildman–Crippen LogP) is 2.58. The molecule has 0 bridgehead atoms. The summed E-state index contributed by atoms with van der Waals surface area (Å²) in [5, 5.41) is 0.809. The SMILES string of the molecule is CC1SCCN(CC2CCC(CN)CC2)C1C. The number of thioether (sulfide) groups is 1. The van der Waals surface area contributed by atoms with Crippen LogP contribution in [0, 0.1) is 11.8 Å². The lowest BCUT2D eigenvalue weighted by Crippen LogP contribution is -2.47. The van der Waals surface area contributed by atoms with Gasteiger partial charge in [-0.3, -0.25) is 4.90 Å². The minimum Gasteiger partial charge on any atom is -0.330 e. The molecule has 17 heavy (non-hydrogen) atoms. The molecule has 0 aromatic heterocycles. The minimum atomic E-state index is 0.765. The first-order valence-corrected chi connectivity index (χ1v) is 8.31. The predicted molar refractivity (Wildman–Crippen MR) is 77.5 cm³/mol. The van der Waals surface area contributed by atoms with Gasteiger partial charge in [0.1, 0.15) is 0 Å². The van der Waals surface area contributed by atoms with Crippen LogP contribution in [0.25, 0.3) is 0 Å². The molecule has 1 saturated heterocycles. The molecule has 0 radical (unpaired) electrons. The van der Waals surface area contributed by atoms with Crippen molar-refractivity contribution in [1.82, 2.24) is 4.90 Å². The van der Waals surface area contributed by atoms with Gasteiger partial charge in [-0.1, -0.05) is 6.92 Å². The Morgan fingerprint density at radius 2 is 1.76 bits per heavy atom. The molecular weight excluding hydrogens is 228 g/mol. The summed E-state index contributed by atoms with van der Waals surface area (Å²) < 4.78 is 0. The summed E-state index contributed by atoms with van der Waals surface area (Å²) in [6, 6.07) is 0.765. The van der Waals surface area contributed by atoms with Gasteiger partial charge in [-0.15, -0.1) is 0 Å². The van der Waals surface area contributed by atoms with Gasteiger partial charge < -0.3 is 5.73 Å². The Morgan fingerprint density at radius 1 is 1.12 bits per heavy atom. The van der Waals surface area contributed by atoms with Crippen LogP contribution < -0.4 is 5.73 Å². The van der Waals surface area contributed by atoms with Gasteiger partial charge in [0.2, 0.25) is 0 Å². The van der Waals surface area contributed by atoms with E-state index in [-0.39, 0.29) is 0 Å². The van der Waals surface area contributed by atoms with E-state index in [0.717, 1.165) is 29.7 Å². The molecule has 2 aliphatic rings. The Morgan fingerprint density at radius 3 is 2.41 bits per heavy atom. The highest BCUT2D eigenvalue weighted by atomic mass is 32.2. The van der Waals surface area contributed by atoms with Crippen molar-refractivity contribution in [2.75, 3.05) is 25.4 Å². The Labute approximate surface area is 111 Å². The summed E-state index contributed by atoms with van der Waals surface area (Å²) in [5.41, 5.74) is 5.76. The monoisotopic (exact) mass is 256 g/mol. The molecule has 2 fully saturated rings. The van der Waals surface area contributed by atoms with Crippen LogP contribution in [0.3, 0.4) is 0 Å². The third-order valence-electron chi connectivity index (χ3n) is 4.81. The maximum Gasteiger partial charge on any atom is 0.0184 e. The normalized spacial score (nSPS) is 40.4. The maximum absolute atomic E-state index is 5.76. The summed E-state index contributed by atoms with van der Waals surface area (Å²) in [6.45, 7) is 8.33. The van der Waals surface area contributed by atoms with Crippen LogP contribution in [0.2, 0.25) is 0 Å². The third-order valence-corrected chi connectivity index (χ3v) is 6.14. The molecule has 0 aromatic rings. The van der Waals surface area contributed by atoms with E-state index in [4.69, 9.17) is 5.73 Å². The molecule has 1 aliphatic carbocycles. The van der Waals surface area contributed by atoms with E-state index in [9.17, 15) is 0 Å². The molecule has 0 amide bonds. The molecule has 1 saturated carbocycles. The van der Waals surface area contributed by atoms with Crippen LogP contribution >= 0.6 is 11.8 Å². The highest BCUT2D eigenvalue weighted by molar-refractivity contribution is 8.00. The molecule has 2 N–H and O–H groups in total. The van der Waals surface area contributed by atoms with E-state index in [0.29, 0.717) is 0 Å². The molecule has 2 unspecified atom stereocenters. The summed E-state index contributed by atoms with van der Waals surface area (Å²) in [4.78, 5) is 2.73. The molecule has 1 aliphatic heterocycles. The van der Waals surface area contributed by atoms with Gasteiger partial charge in [0, 0.05) is 30.1 Å². The average molecular weight is 256 g/mol. The maximum atomic E-state index is 5.76. The van der Waals surface area contributed by atoms with Crippen molar-refractivity contribution < 1.29 is 0 Å². The van der Waals surface area contributed by atoms with Gasteiger partial charge in [0.15, 0.2) is 0 Å². The van der Waals surface area contributed by atoms with Gasteiger partial charge in [-0.25, -0.2) is 0 Å². The van der Waals surface area contributed by atoms with Crippen LogP contribution in [0.15, 0.2) is 0 Å². The van der Waals surface area contributed by atoms with Crippen molar-refractivity contribution in [3.05, 3.63) is 0 Å². The van der Waals surface area contributed by atoms with E-state index in [1.165, 1.54) is 44.5 Å². The second-order valence-corrected chi connectivity index (χ2v) is 7.42. The highest BCUT2D eigenvalue weighted by Crippen LogP contribution is 2.31. The molecule has 0 aromatic carbocycles. The van der Waals surface area contributed by atoms with Crippen LogP contribution in [0.5, 0.6) is 0 Å². The molecule has 2 atom stereocenters. The van der Waals surface area contributed by atoms with Crippen molar-refractivity contribution in [3.63, 3.8) is 0 Å². The fourth-order valence-electron chi connectivity index (χ4n) is 3.23. The molecule has 2 rings (SSSR count). The molecule has 3 heteroatoms. The van der Waals surface area contributed by atoms with Crippen molar-refractivity contribution in [3.8, 4) is 0 Å². The van der Waals surface area contributed by atoms with Crippen molar-refractivity contribution in [1.29, 1.82) is 0 Å². The van der Waals surface area contributed by atoms with Crippen LogP contribution in [-0.4, -0.2) is 41.6 Å². The van der Waals surface area contributed by atoms with E-state index < -0.39 is 0 Å². The number of hydrogen-bond acceptors (Lipinski definition) is 3. The number of rotatable bonds is 3. The lowest BCUT2D eigenvalue weighted by molar-refractivity contribution is 0.148. The first-order chi connectivity index (χ1) is 8.20. The number of hydrogen-bond donors (Lipinski definition) is 1. The Balaban J connectivity index is 1.77. The summed E-state index contributed by atoms with van der Waals surface area (Å²) in [7, 11) is 0. The zero-order valence-corrected chi connectivity index (χ0v) is 12.2. The minimum absolute atomic E-state index is 0.765. The van der Waals surface area contributed by atoms with E-state index in [1.54, 1.807) is 0 Å². The third kappa shape index (κ3) is 3.62. The molecule has 1 heterocycles. The zero-order chi connectivity index (χ0) is 12.3. The van der Waals surface area contributed by atoms with E-state index in [1.807, 2.05) is 0 Å². The van der Waals surface area contributed by atoms with Crippen LogP contribution in [0.1, 0.15) is 39.5 Å². The van der Waals surface area contributed by atoms with E-state index >= 15 is 0 Å². The quantitative estimate of drug-likeness (QED) is 0.841. The van der Waals surface area contributed by atoms with Gasteiger partial charge >= 0.3 is 0 Å². The molecule has 0 spiro atoms. The summed E-state index contributed by atoms with van der Waals surface area (Å²) >= 11 is 2.14. The van der Waals surface area contributed by atoms with Gasteiger partial charge in [-0.05, 0) is 51.0 Å². The number of nitrogens with zero attached hydrogens (tertiary/aromatic N) is 1. The first kappa shape index (κ1) is 13.7. The fourth-order valence-corrected chi connectivity index (χ4v) is 4.40. The Hall–Kier alpha value is 0.270. The highest BCUT2D eigenvalue weighted by Gasteiger charge is 2.28. The lowest BCUT2D eigenvalue weighted by Gasteiger charge is -2.40. The molecular formula is C14H28N2S. The summed E-state index contributed by atoms with van der Waals surface area (Å²) in [5.74, 6) is 3.08. The summed E-state index contributed by atoms with van der Waals surface area (Å²) in [6.07, 6.45) is 5.56.